The third kappa shape index (κ3) is 2.84. The Balaban J connectivity index is 2.32. The van der Waals surface area contributed by atoms with Crippen molar-refractivity contribution in [3.05, 3.63) is 24.0 Å². The fourth-order valence-corrected chi connectivity index (χ4v) is 2.03. The summed E-state index contributed by atoms with van der Waals surface area (Å²) in [4.78, 5) is 24.0. The number of amides is 2. The predicted octanol–water partition coefficient (Wildman–Crippen LogP) is 1.27. The topological polar surface area (TPSA) is 72.6 Å². The summed E-state index contributed by atoms with van der Waals surface area (Å²) >= 11 is 0. The van der Waals surface area contributed by atoms with E-state index in [1.54, 1.807) is 0 Å². The Kier molecular flexibility index (Phi) is 3.82. The molecule has 20 heavy (non-hydrogen) atoms. The number of anilines is 1. The molecule has 8 heteroatoms. The minimum atomic E-state index is -3.15. The summed E-state index contributed by atoms with van der Waals surface area (Å²) in [5.74, 6) is -3.05. The molecule has 1 aliphatic heterocycles. The molecule has 0 aliphatic carbocycles. The van der Waals surface area contributed by atoms with Crippen molar-refractivity contribution in [2.24, 2.45) is 11.7 Å². The van der Waals surface area contributed by atoms with Crippen molar-refractivity contribution in [2.45, 2.75) is 13.0 Å². The maximum Gasteiger partial charge on any atom is 0.387 e. The Hall–Kier alpha value is -2.25. The van der Waals surface area contributed by atoms with Gasteiger partial charge in [-0.3, -0.25) is 9.59 Å². The lowest BCUT2D eigenvalue weighted by atomic mass is 10.1. The smallest absolute Gasteiger partial charge is 0.387 e. The van der Waals surface area contributed by atoms with Crippen LogP contribution in [0.4, 0.5) is 18.9 Å². The molecule has 2 N–H and O–H groups in total. The maximum absolute atomic E-state index is 13.1. The van der Waals surface area contributed by atoms with Crippen LogP contribution >= 0.6 is 0 Å². The van der Waals surface area contributed by atoms with Gasteiger partial charge in [-0.05, 0) is 12.1 Å². The Bertz CT molecular complexity index is 551. The number of alkyl halides is 2. The first-order chi connectivity index (χ1) is 9.38. The summed E-state index contributed by atoms with van der Waals surface area (Å²) in [6.07, 6.45) is -0.110. The second-order valence-corrected chi connectivity index (χ2v) is 4.30. The quantitative estimate of drug-likeness (QED) is 0.906. The van der Waals surface area contributed by atoms with Crippen molar-refractivity contribution in [1.29, 1.82) is 0 Å². The van der Waals surface area contributed by atoms with Crippen LogP contribution in [0.1, 0.15) is 6.42 Å². The number of hydrogen-bond donors (Lipinski definition) is 1. The van der Waals surface area contributed by atoms with E-state index in [0.29, 0.717) is 0 Å². The third-order valence-electron chi connectivity index (χ3n) is 2.96. The number of carbonyl (C=O) groups excluding carboxylic acids is 2. The minimum absolute atomic E-state index is 0.0135. The lowest BCUT2D eigenvalue weighted by Gasteiger charge is -2.20. The first-order valence-corrected chi connectivity index (χ1v) is 5.72. The molecule has 1 atom stereocenters. The molecule has 0 radical (unpaired) electrons. The number of carbonyl (C=O) groups is 2. The average Bonchev–Trinajstić information content (AvgIpc) is 2.71. The highest BCUT2D eigenvalue weighted by atomic mass is 19.3. The number of nitrogens with two attached hydrogens (primary N) is 1. The number of benzene rings is 1. The van der Waals surface area contributed by atoms with Gasteiger partial charge in [-0.15, -0.1) is 0 Å². The van der Waals surface area contributed by atoms with Crippen molar-refractivity contribution in [3.63, 3.8) is 0 Å². The molecule has 1 aliphatic rings. The van der Waals surface area contributed by atoms with Gasteiger partial charge in [0, 0.05) is 19.0 Å². The van der Waals surface area contributed by atoms with Crippen molar-refractivity contribution in [3.8, 4) is 5.75 Å². The minimum Gasteiger partial charge on any atom is -0.432 e. The number of halogens is 3. The van der Waals surface area contributed by atoms with Crippen LogP contribution in [0.5, 0.6) is 5.75 Å². The first kappa shape index (κ1) is 14.2. The first-order valence-electron chi connectivity index (χ1n) is 5.72. The van der Waals surface area contributed by atoms with Gasteiger partial charge < -0.3 is 15.4 Å². The Morgan fingerprint density at radius 3 is 2.70 bits per heavy atom. The SMILES string of the molecule is NC(=O)C1CC(=O)N(c2ccc(F)cc2OC(F)F)C1. The van der Waals surface area contributed by atoms with Crippen LogP contribution in [0.2, 0.25) is 0 Å². The second-order valence-electron chi connectivity index (χ2n) is 4.30. The van der Waals surface area contributed by atoms with Gasteiger partial charge in [0.2, 0.25) is 11.8 Å². The van der Waals surface area contributed by atoms with Gasteiger partial charge in [0.25, 0.3) is 0 Å². The molecule has 5 nitrogen and oxygen atoms in total. The molecule has 1 unspecified atom stereocenters. The van der Waals surface area contributed by atoms with Crippen molar-refractivity contribution in [2.75, 3.05) is 11.4 Å². The highest BCUT2D eigenvalue weighted by molar-refractivity contribution is 6.01. The molecule has 1 heterocycles. The Morgan fingerprint density at radius 1 is 1.45 bits per heavy atom. The normalized spacial score (nSPS) is 18.7. The van der Waals surface area contributed by atoms with Gasteiger partial charge in [0.15, 0.2) is 5.75 Å². The zero-order valence-electron chi connectivity index (χ0n) is 10.2. The third-order valence-corrected chi connectivity index (χ3v) is 2.96. The zero-order valence-corrected chi connectivity index (χ0v) is 10.2. The van der Waals surface area contributed by atoms with Gasteiger partial charge in [-0.2, -0.15) is 8.78 Å². The van der Waals surface area contributed by atoms with Crippen LogP contribution in [0.15, 0.2) is 18.2 Å². The summed E-state index contributed by atoms with van der Waals surface area (Å²) in [5, 5.41) is 0. The number of nitrogens with zero attached hydrogens (tertiary/aromatic N) is 1. The summed E-state index contributed by atoms with van der Waals surface area (Å²) in [5.41, 5.74) is 5.10. The maximum atomic E-state index is 13.1. The van der Waals surface area contributed by atoms with Crippen LogP contribution in [-0.4, -0.2) is 25.0 Å². The average molecular weight is 288 g/mol. The van der Waals surface area contributed by atoms with E-state index in [0.717, 1.165) is 23.1 Å². The lowest BCUT2D eigenvalue weighted by molar-refractivity contribution is -0.123. The molecule has 0 saturated carbocycles. The molecule has 0 aromatic heterocycles. The molecule has 1 aromatic carbocycles. The van der Waals surface area contributed by atoms with Crippen LogP contribution in [0.3, 0.4) is 0 Å². The number of primary amides is 1. The van der Waals surface area contributed by atoms with Crippen molar-refractivity contribution < 1.29 is 27.5 Å². The van der Waals surface area contributed by atoms with Gasteiger partial charge >= 0.3 is 6.61 Å². The molecular formula is C12H11F3N2O3. The summed E-state index contributed by atoms with van der Waals surface area (Å²) in [7, 11) is 0. The summed E-state index contributed by atoms with van der Waals surface area (Å²) in [6.45, 7) is -3.19. The van der Waals surface area contributed by atoms with Gasteiger partial charge in [-0.1, -0.05) is 0 Å². The number of rotatable bonds is 4. The highest BCUT2D eigenvalue weighted by Gasteiger charge is 2.35. The zero-order chi connectivity index (χ0) is 14.9. The van der Waals surface area contributed by atoms with E-state index in [2.05, 4.69) is 4.74 Å². The molecule has 1 saturated heterocycles. The van der Waals surface area contributed by atoms with E-state index >= 15 is 0 Å². The van der Waals surface area contributed by atoms with Gasteiger partial charge in [-0.25, -0.2) is 4.39 Å². The summed E-state index contributed by atoms with van der Waals surface area (Å²) < 4.78 is 41.9. The van der Waals surface area contributed by atoms with E-state index in [1.807, 2.05) is 0 Å². The van der Waals surface area contributed by atoms with Crippen LogP contribution in [0.25, 0.3) is 0 Å². The largest absolute Gasteiger partial charge is 0.432 e. The van der Waals surface area contributed by atoms with Crippen molar-refractivity contribution in [1.82, 2.24) is 0 Å². The van der Waals surface area contributed by atoms with E-state index in [1.165, 1.54) is 0 Å². The number of hydrogen-bond acceptors (Lipinski definition) is 3. The molecule has 0 spiro atoms. The van der Waals surface area contributed by atoms with Crippen molar-refractivity contribution >= 4 is 17.5 Å². The Labute approximate surface area is 112 Å². The predicted molar refractivity (Wildman–Crippen MR) is 62.7 cm³/mol. The van der Waals surface area contributed by atoms with E-state index in [9.17, 15) is 22.8 Å². The molecular weight excluding hydrogens is 277 g/mol. The molecule has 1 fully saturated rings. The molecule has 1 aromatic rings. The van der Waals surface area contributed by atoms with Gasteiger partial charge in [0.1, 0.15) is 5.82 Å². The Morgan fingerprint density at radius 2 is 2.15 bits per heavy atom. The van der Waals surface area contributed by atoms with E-state index in [4.69, 9.17) is 5.73 Å². The molecule has 108 valence electrons. The number of ether oxygens (including phenoxy) is 1. The highest BCUT2D eigenvalue weighted by Crippen LogP contribution is 2.34. The fraction of sp³-hybridized carbons (Fsp3) is 0.333. The summed E-state index contributed by atoms with van der Waals surface area (Å²) in [6, 6.07) is 2.92. The molecule has 2 amide bonds. The van der Waals surface area contributed by atoms with Crippen LogP contribution in [-0.2, 0) is 9.59 Å². The standard InChI is InChI=1S/C12H11F3N2O3/c13-7-1-2-8(9(4-7)20-12(14)15)17-5-6(11(16)19)3-10(17)18/h1-2,4,6,12H,3,5H2,(H2,16,19). The second kappa shape index (κ2) is 5.40. The van der Waals surface area contributed by atoms with Gasteiger partial charge in [0.05, 0.1) is 11.6 Å². The van der Waals surface area contributed by atoms with Crippen LogP contribution < -0.4 is 15.4 Å². The fourth-order valence-electron chi connectivity index (χ4n) is 2.03. The monoisotopic (exact) mass is 288 g/mol. The molecule has 0 bridgehead atoms. The van der Waals surface area contributed by atoms with E-state index in [-0.39, 0.29) is 18.7 Å². The molecule has 2 rings (SSSR count). The lowest BCUT2D eigenvalue weighted by Crippen LogP contribution is -2.28. The van der Waals surface area contributed by atoms with Crippen LogP contribution in [0, 0.1) is 11.7 Å². The van der Waals surface area contributed by atoms with E-state index < -0.39 is 35.9 Å².